The molecule has 1 aliphatic rings. The van der Waals surface area contributed by atoms with E-state index in [1.807, 2.05) is 63.2 Å². The number of nitrogens with one attached hydrogen (secondary N) is 2. The molecule has 2 aromatic carbocycles. The summed E-state index contributed by atoms with van der Waals surface area (Å²) in [4.78, 5) is 30.4. The molecular formula is C34H40BrClN4O5. The summed E-state index contributed by atoms with van der Waals surface area (Å²) in [6.45, 7) is 6.25. The molecule has 1 atom stereocenters. The van der Waals surface area contributed by atoms with Crippen molar-refractivity contribution in [3.8, 4) is 11.3 Å². The third-order valence-electron chi connectivity index (χ3n) is 7.74. The standard InChI is InChI=1S/C34H40BrClN4O5/c1-34(2,3)45-33(43)40-20-28(27-15-22(35)10-13-31(27)40)29-14-21(26-12-11-23(36)16-30(26)39-29)17-37-18-24(41)19-38-32(42)44-25-8-6-4-5-7-9-25/h10-16,20,24-25,37,41H,4-9,17-19H2,1-3H3,(H,38,42). The number of amides is 1. The number of hydrogen-bond acceptors (Lipinski definition) is 7. The highest BCUT2D eigenvalue weighted by atomic mass is 79.9. The Hall–Kier alpha value is -3.18. The molecule has 3 N–H and O–H groups in total. The second-order valence-corrected chi connectivity index (χ2v) is 13.9. The Morgan fingerprint density at radius 3 is 2.56 bits per heavy atom. The molecule has 4 aromatic rings. The smallest absolute Gasteiger partial charge is 0.419 e. The van der Waals surface area contributed by atoms with Crippen LogP contribution in [0.4, 0.5) is 9.59 Å². The first-order valence-corrected chi connectivity index (χ1v) is 16.6. The third kappa shape index (κ3) is 8.76. The number of carbonyl (C=O) groups is 2. The van der Waals surface area contributed by atoms with Crippen molar-refractivity contribution in [3.05, 3.63) is 63.7 Å². The van der Waals surface area contributed by atoms with Gasteiger partial charge in [0.05, 0.1) is 22.8 Å². The lowest BCUT2D eigenvalue weighted by molar-refractivity contribution is 0.0544. The van der Waals surface area contributed by atoms with Crippen LogP contribution in [0.15, 0.2) is 53.1 Å². The molecule has 45 heavy (non-hydrogen) atoms. The first-order chi connectivity index (χ1) is 21.5. The molecule has 11 heteroatoms. The summed E-state index contributed by atoms with van der Waals surface area (Å²) in [6, 6.07) is 13.2. The van der Waals surface area contributed by atoms with Crippen LogP contribution < -0.4 is 10.6 Å². The molecule has 0 saturated heterocycles. The molecule has 0 radical (unpaired) electrons. The van der Waals surface area contributed by atoms with Gasteiger partial charge in [0.25, 0.3) is 0 Å². The molecule has 1 aliphatic carbocycles. The molecule has 1 amide bonds. The lowest BCUT2D eigenvalue weighted by Crippen LogP contribution is -2.39. The van der Waals surface area contributed by atoms with Crippen LogP contribution in [0.2, 0.25) is 5.02 Å². The second-order valence-electron chi connectivity index (χ2n) is 12.6. The van der Waals surface area contributed by atoms with Gasteiger partial charge in [-0.3, -0.25) is 4.57 Å². The largest absolute Gasteiger partial charge is 0.446 e. The van der Waals surface area contributed by atoms with Gasteiger partial charge in [0.1, 0.15) is 11.7 Å². The Balaban J connectivity index is 1.34. The average molecular weight is 700 g/mol. The van der Waals surface area contributed by atoms with Crippen molar-refractivity contribution in [2.75, 3.05) is 13.1 Å². The number of nitrogens with zero attached hydrogens (tertiary/aromatic N) is 2. The van der Waals surface area contributed by atoms with Gasteiger partial charge in [-0.05, 0) is 88.4 Å². The van der Waals surface area contributed by atoms with E-state index in [0.29, 0.717) is 28.3 Å². The Morgan fingerprint density at radius 2 is 1.82 bits per heavy atom. The van der Waals surface area contributed by atoms with Crippen molar-refractivity contribution in [2.45, 2.75) is 83.6 Å². The van der Waals surface area contributed by atoms with E-state index in [2.05, 4.69) is 26.6 Å². The normalized spacial score (nSPS) is 15.2. The van der Waals surface area contributed by atoms with Crippen molar-refractivity contribution in [3.63, 3.8) is 0 Å². The van der Waals surface area contributed by atoms with E-state index in [9.17, 15) is 14.7 Å². The number of aromatic nitrogens is 2. The maximum Gasteiger partial charge on any atom is 0.419 e. The molecule has 1 unspecified atom stereocenters. The summed E-state index contributed by atoms with van der Waals surface area (Å²) < 4.78 is 13.6. The van der Waals surface area contributed by atoms with E-state index in [0.717, 1.165) is 52.1 Å². The van der Waals surface area contributed by atoms with Gasteiger partial charge in [0.15, 0.2) is 0 Å². The molecule has 9 nitrogen and oxygen atoms in total. The molecule has 1 fully saturated rings. The zero-order chi connectivity index (χ0) is 32.1. The van der Waals surface area contributed by atoms with Crippen molar-refractivity contribution in [1.82, 2.24) is 20.2 Å². The monoisotopic (exact) mass is 698 g/mol. The summed E-state index contributed by atoms with van der Waals surface area (Å²) >= 11 is 9.93. The highest BCUT2D eigenvalue weighted by molar-refractivity contribution is 9.10. The number of pyridine rings is 1. The molecule has 0 spiro atoms. The highest BCUT2D eigenvalue weighted by Crippen LogP contribution is 2.35. The number of fused-ring (bicyclic) bond motifs is 2. The van der Waals surface area contributed by atoms with Gasteiger partial charge in [0, 0.05) is 51.7 Å². The lowest BCUT2D eigenvalue weighted by atomic mass is 10.0. The van der Waals surface area contributed by atoms with Crippen LogP contribution in [0.25, 0.3) is 33.1 Å². The minimum atomic E-state index is -0.808. The van der Waals surface area contributed by atoms with Gasteiger partial charge in [-0.25, -0.2) is 14.6 Å². The van der Waals surface area contributed by atoms with Crippen LogP contribution in [0, 0.1) is 0 Å². The summed E-state index contributed by atoms with van der Waals surface area (Å²) in [5.74, 6) is 0. The molecule has 5 rings (SSSR count). The van der Waals surface area contributed by atoms with E-state index in [4.69, 9.17) is 26.1 Å². The molecule has 2 heterocycles. The number of aliphatic hydroxyl groups is 1. The number of benzene rings is 2. The number of halogens is 2. The fourth-order valence-electron chi connectivity index (χ4n) is 5.63. The van der Waals surface area contributed by atoms with E-state index in [-0.39, 0.29) is 19.2 Å². The molecule has 1 saturated carbocycles. The van der Waals surface area contributed by atoms with Gasteiger partial charge < -0.3 is 25.2 Å². The number of hydrogen-bond donors (Lipinski definition) is 3. The maximum atomic E-state index is 13.2. The molecule has 0 bridgehead atoms. The zero-order valence-corrected chi connectivity index (χ0v) is 28.2. The van der Waals surface area contributed by atoms with E-state index < -0.39 is 23.9 Å². The van der Waals surface area contributed by atoms with Crippen LogP contribution >= 0.6 is 27.5 Å². The minimum absolute atomic E-state index is 0.0512. The van der Waals surface area contributed by atoms with Crippen molar-refractivity contribution in [2.24, 2.45) is 0 Å². The number of ether oxygens (including phenoxy) is 2. The predicted molar refractivity (Wildman–Crippen MR) is 181 cm³/mol. The van der Waals surface area contributed by atoms with Gasteiger partial charge >= 0.3 is 12.2 Å². The highest BCUT2D eigenvalue weighted by Gasteiger charge is 2.23. The fourth-order valence-corrected chi connectivity index (χ4v) is 6.15. The van der Waals surface area contributed by atoms with Gasteiger partial charge in [-0.1, -0.05) is 46.4 Å². The Labute approximate surface area is 276 Å². The molecule has 2 aromatic heterocycles. The Morgan fingerprint density at radius 1 is 1.07 bits per heavy atom. The number of rotatable bonds is 8. The van der Waals surface area contributed by atoms with Crippen LogP contribution in [0.3, 0.4) is 0 Å². The molecular weight excluding hydrogens is 660 g/mol. The SMILES string of the molecule is CC(C)(C)OC(=O)n1cc(-c2cc(CNCC(O)CNC(=O)OC3CCCCCC3)c3ccc(Cl)cc3n2)c2cc(Br)ccc21. The summed E-state index contributed by atoms with van der Waals surface area (Å²) in [5.41, 5.74) is 3.10. The minimum Gasteiger partial charge on any atom is -0.446 e. The van der Waals surface area contributed by atoms with Crippen molar-refractivity contribution < 1.29 is 24.2 Å². The molecule has 240 valence electrons. The van der Waals surface area contributed by atoms with Crippen molar-refractivity contribution in [1.29, 1.82) is 0 Å². The van der Waals surface area contributed by atoms with Crippen LogP contribution in [0.5, 0.6) is 0 Å². The maximum absolute atomic E-state index is 13.2. The van der Waals surface area contributed by atoms with Crippen LogP contribution in [0.1, 0.15) is 64.9 Å². The Kier molecular flexibility index (Phi) is 10.7. The third-order valence-corrected chi connectivity index (χ3v) is 8.47. The number of aliphatic hydroxyl groups excluding tert-OH is 1. The second kappa shape index (κ2) is 14.5. The lowest BCUT2D eigenvalue weighted by Gasteiger charge is -2.19. The Bertz CT molecular complexity index is 1680. The van der Waals surface area contributed by atoms with E-state index in [1.54, 1.807) is 6.20 Å². The summed E-state index contributed by atoms with van der Waals surface area (Å²) in [7, 11) is 0. The topological polar surface area (TPSA) is 115 Å². The summed E-state index contributed by atoms with van der Waals surface area (Å²) in [6.07, 6.45) is 6.23. The quantitative estimate of drug-likeness (QED) is 0.160. The fraction of sp³-hybridized carbons (Fsp3) is 0.441. The van der Waals surface area contributed by atoms with Gasteiger partial charge in [-0.2, -0.15) is 0 Å². The van der Waals surface area contributed by atoms with Gasteiger partial charge in [0.2, 0.25) is 0 Å². The number of carbonyl (C=O) groups excluding carboxylic acids is 2. The number of alkyl carbamates (subject to hydrolysis) is 1. The van der Waals surface area contributed by atoms with Crippen LogP contribution in [-0.2, 0) is 16.0 Å². The van der Waals surface area contributed by atoms with Gasteiger partial charge in [-0.15, -0.1) is 0 Å². The predicted octanol–water partition coefficient (Wildman–Crippen LogP) is 7.96. The van der Waals surface area contributed by atoms with E-state index >= 15 is 0 Å². The average Bonchev–Trinajstić information content (AvgIpc) is 3.15. The zero-order valence-electron chi connectivity index (χ0n) is 25.9. The van der Waals surface area contributed by atoms with Crippen molar-refractivity contribution >= 4 is 61.5 Å². The summed E-state index contributed by atoms with van der Waals surface area (Å²) in [5, 5.41) is 18.9. The van der Waals surface area contributed by atoms with Crippen LogP contribution in [-0.4, -0.2) is 57.7 Å². The molecule has 0 aliphatic heterocycles. The first-order valence-electron chi connectivity index (χ1n) is 15.4. The first kappa shape index (κ1) is 33.2. The van der Waals surface area contributed by atoms with E-state index in [1.165, 1.54) is 17.4 Å².